The van der Waals surface area contributed by atoms with Gasteiger partial charge in [-0.3, -0.25) is 4.79 Å². The summed E-state index contributed by atoms with van der Waals surface area (Å²) in [4.78, 5) is 13.9. The van der Waals surface area contributed by atoms with E-state index < -0.39 is 0 Å². The summed E-state index contributed by atoms with van der Waals surface area (Å²) in [5.74, 6) is 0. The van der Waals surface area contributed by atoms with Crippen molar-refractivity contribution in [1.82, 2.24) is 4.98 Å². The zero-order valence-electron chi connectivity index (χ0n) is 8.55. The van der Waals surface area contributed by atoms with Crippen LogP contribution in [0.25, 0.3) is 11.1 Å². The summed E-state index contributed by atoms with van der Waals surface area (Å²) in [6.07, 6.45) is 1.66. The Labute approximate surface area is 103 Å². The van der Waals surface area contributed by atoms with Gasteiger partial charge in [0.15, 0.2) is 0 Å². The van der Waals surface area contributed by atoms with E-state index in [0.717, 1.165) is 16.7 Å². The first-order chi connectivity index (χ1) is 7.59. The second kappa shape index (κ2) is 4.32. The number of hydrogen-bond donors (Lipinski definition) is 1. The lowest BCUT2D eigenvalue weighted by molar-refractivity contribution is 1.20. The Bertz CT molecular complexity index is 590. The number of aromatic amines is 1. The first-order valence-electron chi connectivity index (χ1n) is 4.73. The van der Waals surface area contributed by atoms with Crippen molar-refractivity contribution >= 4 is 23.2 Å². The maximum Gasteiger partial charge on any atom is 0.248 e. The summed E-state index contributed by atoms with van der Waals surface area (Å²) in [5.41, 5.74) is 2.37. The number of halogens is 2. The predicted molar refractivity (Wildman–Crippen MR) is 67.3 cm³/mol. The highest BCUT2D eigenvalue weighted by Crippen LogP contribution is 2.33. The van der Waals surface area contributed by atoms with Crippen LogP contribution in [0, 0.1) is 6.92 Å². The lowest BCUT2D eigenvalue weighted by Gasteiger charge is -2.08. The van der Waals surface area contributed by atoms with Crippen molar-refractivity contribution < 1.29 is 0 Å². The molecule has 2 rings (SSSR count). The van der Waals surface area contributed by atoms with E-state index >= 15 is 0 Å². The summed E-state index contributed by atoms with van der Waals surface area (Å²) in [7, 11) is 0. The number of aromatic nitrogens is 1. The van der Waals surface area contributed by atoms with Gasteiger partial charge in [0.2, 0.25) is 5.56 Å². The van der Waals surface area contributed by atoms with Gasteiger partial charge >= 0.3 is 0 Å². The summed E-state index contributed by atoms with van der Waals surface area (Å²) in [5, 5.41) is 0.955. The molecular formula is C12H9Cl2NO. The Morgan fingerprint density at radius 3 is 2.69 bits per heavy atom. The molecule has 0 atom stereocenters. The van der Waals surface area contributed by atoms with Crippen molar-refractivity contribution in [3.8, 4) is 11.1 Å². The quantitative estimate of drug-likeness (QED) is 0.827. The lowest BCUT2D eigenvalue weighted by atomic mass is 10.0. The van der Waals surface area contributed by atoms with Crippen molar-refractivity contribution in [1.29, 1.82) is 0 Å². The van der Waals surface area contributed by atoms with E-state index in [1.54, 1.807) is 12.3 Å². The summed E-state index contributed by atoms with van der Waals surface area (Å²) in [6, 6.07) is 6.89. The molecule has 1 aromatic heterocycles. The van der Waals surface area contributed by atoms with Crippen molar-refractivity contribution in [3.63, 3.8) is 0 Å². The van der Waals surface area contributed by atoms with E-state index in [4.69, 9.17) is 23.2 Å². The first-order valence-corrected chi connectivity index (χ1v) is 5.49. The molecule has 16 heavy (non-hydrogen) atoms. The number of nitrogens with one attached hydrogen (secondary N) is 1. The highest BCUT2D eigenvalue weighted by Gasteiger charge is 2.09. The zero-order valence-corrected chi connectivity index (χ0v) is 10.1. The molecule has 0 saturated carbocycles. The van der Waals surface area contributed by atoms with Gasteiger partial charge in [0.25, 0.3) is 0 Å². The molecular weight excluding hydrogens is 245 g/mol. The molecule has 2 aromatic rings. The smallest absolute Gasteiger partial charge is 0.248 e. The van der Waals surface area contributed by atoms with Crippen LogP contribution in [0.3, 0.4) is 0 Å². The van der Waals surface area contributed by atoms with Crippen LogP contribution in [0.5, 0.6) is 0 Å². The summed E-state index contributed by atoms with van der Waals surface area (Å²) >= 11 is 12.0. The molecule has 0 aliphatic carbocycles. The number of H-pyrrole nitrogens is 1. The molecule has 82 valence electrons. The molecule has 1 aromatic carbocycles. The van der Waals surface area contributed by atoms with Crippen LogP contribution < -0.4 is 5.56 Å². The molecule has 4 heteroatoms. The van der Waals surface area contributed by atoms with E-state index in [2.05, 4.69) is 4.98 Å². The van der Waals surface area contributed by atoms with Gasteiger partial charge in [-0.15, -0.1) is 0 Å². The third-order valence-corrected chi connectivity index (χ3v) is 3.19. The van der Waals surface area contributed by atoms with E-state index in [1.807, 2.05) is 19.1 Å². The molecule has 0 aliphatic rings. The largest absolute Gasteiger partial charge is 0.329 e. The third kappa shape index (κ3) is 1.99. The fraction of sp³-hybridized carbons (Fsp3) is 0.0833. The minimum Gasteiger partial charge on any atom is -0.329 e. The van der Waals surface area contributed by atoms with Gasteiger partial charge in [0.1, 0.15) is 0 Å². The maximum absolute atomic E-state index is 11.3. The van der Waals surface area contributed by atoms with Gasteiger partial charge in [0.05, 0.1) is 10.0 Å². The Kier molecular flexibility index (Phi) is 3.03. The standard InChI is InChI=1S/C12H9Cl2NO/c1-7-6-15-11(16)5-9(7)8-3-2-4-10(13)12(8)14/h2-6H,1H3,(H,15,16). The monoisotopic (exact) mass is 253 g/mol. The van der Waals surface area contributed by atoms with Gasteiger partial charge in [-0.2, -0.15) is 0 Å². The average Bonchev–Trinajstić information content (AvgIpc) is 2.26. The zero-order chi connectivity index (χ0) is 11.7. The SMILES string of the molecule is Cc1c[nH]c(=O)cc1-c1cccc(Cl)c1Cl. The minimum atomic E-state index is -0.156. The first kappa shape index (κ1) is 11.2. The van der Waals surface area contributed by atoms with Gasteiger partial charge in [-0.1, -0.05) is 35.3 Å². The van der Waals surface area contributed by atoms with Crippen molar-refractivity contribution in [2.75, 3.05) is 0 Å². The predicted octanol–water partition coefficient (Wildman–Crippen LogP) is 3.66. The Morgan fingerprint density at radius 2 is 1.94 bits per heavy atom. The van der Waals surface area contributed by atoms with E-state index in [0.29, 0.717) is 10.0 Å². The Hall–Kier alpha value is -1.25. The second-order valence-electron chi connectivity index (χ2n) is 3.50. The normalized spacial score (nSPS) is 10.4. The van der Waals surface area contributed by atoms with E-state index in [-0.39, 0.29) is 5.56 Å². The van der Waals surface area contributed by atoms with Gasteiger partial charge in [0, 0.05) is 17.8 Å². The van der Waals surface area contributed by atoms with Crippen LogP contribution in [0.4, 0.5) is 0 Å². The van der Waals surface area contributed by atoms with Crippen LogP contribution in [0.15, 0.2) is 35.3 Å². The molecule has 1 heterocycles. The molecule has 0 radical (unpaired) electrons. The van der Waals surface area contributed by atoms with Crippen LogP contribution >= 0.6 is 23.2 Å². The summed E-state index contributed by atoms with van der Waals surface area (Å²) < 4.78 is 0. The van der Waals surface area contributed by atoms with E-state index in [9.17, 15) is 4.79 Å². The van der Waals surface area contributed by atoms with Crippen molar-refractivity contribution in [2.24, 2.45) is 0 Å². The van der Waals surface area contributed by atoms with Crippen LogP contribution in [0.2, 0.25) is 10.0 Å². The molecule has 2 nitrogen and oxygen atoms in total. The highest BCUT2D eigenvalue weighted by molar-refractivity contribution is 6.43. The molecule has 0 amide bonds. The highest BCUT2D eigenvalue weighted by atomic mass is 35.5. The number of rotatable bonds is 1. The molecule has 0 spiro atoms. The lowest BCUT2D eigenvalue weighted by Crippen LogP contribution is -2.04. The van der Waals surface area contributed by atoms with Gasteiger partial charge < -0.3 is 4.98 Å². The Morgan fingerprint density at radius 1 is 1.19 bits per heavy atom. The second-order valence-corrected chi connectivity index (χ2v) is 4.28. The number of hydrogen-bond acceptors (Lipinski definition) is 1. The van der Waals surface area contributed by atoms with Crippen LogP contribution in [-0.4, -0.2) is 4.98 Å². The molecule has 0 bridgehead atoms. The van der Waals surface area contributed by atoms with Gasteiger partial charge in [-0.05, 0) is 24.1 Å². The van der Waals surface area contributed by atoms with E-state index in [1.165, 1.54) is 6.07 Å². The molecule has 0 fully saturated rings. The minimum absolute atomic E-state index is 0.156. The number of benzene rings is 1. The average molecular weight is 254 g/mol. The number of aryl methyl sites for hydroxylation is 1. The fourth-order valence-electron chi connectivity index (χ4n) is 1.55. The Balaban J connectivity index is 2.72. The third-order valence-electron chi connectivity index (χ3n) is 2.37. The van der Waals surface area contributed by atoms with Crippen LogP contribution in [0.1, 0.15) is 5.56 Å². The maximum atomic E-state index is 11.3. The topological polar surface area (TPSA) is 32.9 Å². The fourth-order valence-corrected chi connectivity index (χ4v) is 1.95. The number of pyridine rings is 1. The molecule has 0 unspecified atom stereocenters. The van der Waals surface area contributed by atoms with Crippen molar-refractivity contribution in [2.45, 2.75) is 6.92 Å². The summed E-state index contributed by atoms with van der Waals surface area (Å²) in [6.45, 7) is 1.91. The van der Waals surface area contributed by atoms with Crippen LogP contribution in [-0.2, 0) is 0 Å². The molecule has 0 saturated heterocycles. The van der Waals surface area contributed by atoms with Gasteiger partial charge in [-0.25, -0.2) is 0 Å². The molecule has 1 N–H and O–H groups in total. The van der Waals surface area contributed by atoms with Crippen molar-refractivity contribution in [3.05, 3.63) is 56.4 Å². The molecule has 0 aliphatic heterocycles.